The maximum atomic E-state index is 13.5. The van der Waals surface area contributed by atoms with Crippen LogP contribution in [0.1, 0.15) is 26.7 Å². The van der Waals surface area contributed by atoms with E-state index in [-0.39, 0.29) is 12.8 Å². The number of carboxylic acids is 1. The maximum absolute atomic E-state index is 13.5. The number of carbonyl (C=O) groups is 1. The van der Waals surface area contributed by atoms with Crippen LogP contribution >= 0.6 is 0 Å². The smallest absolute Gasteiger partial charge is 0.303 e. The maximum Gasteiger partial charge on any atom is 0.303 e. The number of hydrogen-bond donors (Lipinski definition) is 2. The molecule has 0 aromatic heterocycles. The molecule has 0 atom stereocenters. The molecule has 0 aliphatic carbocycles. The lowest BCUT2D eigenvalue weighted by Crippen LogP contribution is -2.44. The van der Waals surface area contributed by atoms with Crippen molar-refractivity contribution < 1.29 is 27.1 Å². The minimum absolute atomic E-state index is 0.0162. The molecule has 0 aliphatic heterocycles. The van der Waals surface area contributed by atoms with Gasteiger partial charge < -0.3 is 5.11 Å². The molecule has 0 aliphatic rings. The molecule has 0 spiro atoms. The molecule has 0 heterocycles. The lowest BCUT2D eigenvalue weighted by atomic mass is 10.0. The first-order valence-corrected chi connectivity index (χ1v) is 7.23. The summed E-state index contributed by atoms with van der Waals surface area (Å²) in [6, 6.07) is 2.73. The Bertz CT molecular complexity index is 594. The molecule has 8 heteroatoms. The van der Waals surface area contributed by atoms with E-state index in [0.717, 1.165) is 18.2 Å². The highest BCUT2D eigenvalue weighted by molar-refractivity contribution is 7.89. The normalized spacial score (nSPS) is 12.4. The van der Waals surface area contributed by atoms with Crippen molar-refractivity contribution in [3.63, 3.8) is 0 Å². The van der Waals surface area contributed by atoms with Crippen LogP contribution in [-0.2, 0) is 14.8 Å². The first kappa shape index (κ1) is 16.5. The van der Waals surface area contributed by atoms with Gasteiger partial charge in [0.2, 0.25) is 10.0 Å². The van der Waals surface area contributed by atoms with Crippen LogP contribution < -0.4 is 4.72 Å². The number of rotatable bonds is 6. The molecule has 0 bridgehead atoms. The summed E-state index contributed by atoms with van der Waals surface area (Å²) in [5.74, 6) is -3.49. The van der Waals surface area contributed by atoms with E-state index in [1.165, 1.54) is 13.8 Å². The third kappa shape index (κ3) is 4.24. The molecule has 0 saturated carbocycles. The molecule has 0 radical (unpaired) electrons. The monoisotopic (exact) mass is 307 g/mol. The number of sulfonamides is 1. The quantitative estimate of drug-likeness (QED) is 0.840. The van der Waals surface area contributed by atoms with E-state index in [2.05, 4.69) is 4.72 Å². The largest absolute Gasteiger partial charge is 0.481 e. The van der Waals surface area contributed by atoms with Gasteiger partial charge in [0.1, 0.15) is 11.6 Å². The average molecular weight is 307 g/mol. The Morgan fingerprint density at radius 1 is 1.30 bits per heavy atom. The summed E-state index contributed by atoms with van der Waals surface area (Å²) in [6.45, 7) is 2.87. The summed E-state index contributed by atoms with van der Waals surface area (Å²) in [7, 11) is -4.42. The van der Waals surface area contributed by atoms with E-state index in [1.807, 2.05) is 0 Å². The molecule has 0 unspecified atom stereocenters. The van der Waals surface area contributed by atoms with Crippen LogP contribution in [0.3, 0.4) is 0 Å². The minimum Gasteiger partial charge on any atom is -0.481 e. The van der Waals surface area contributed by atoms with E-state index < -0.39 is 38.1 Å². The molecule has 1 aromatic rings. The van der Waals surface area contributed by atoms with Gasteiger partial charge in [-0.3, -0.25) is 4.79 Å². The van der Waals surface area contributed by atoms with Gasteiger partial charge in [0.15, 0.2) is 4.90 Å². The highest BCUT2D eigenvalue weighted by Gasteiger charge is 2.30. The van der Waals surface area contributed by atoms with Crippen molar-refractivity contribution in [2.45, 2.75) is 37.1 Å². The van der Waals surface area contributed by atoms with Crippen LogP contribution in [0.2, 0.25) is 0 Å². The Balaban J connectivity index is 3.03. The fraction of sp³-hybridized carbons (Fsp3) is 0.417. The number of nitrogens with one attached hydrogen (secondary N) is 1. The van der Waals surface area contributed by atoms with Gasteiger partial charge in [0, 0.05) is 12.0 Å². The van der Waals surface area contributed by atoms with Gasteiger partial charge in [-0.2, -0.15) is 0 Å². The summed E-state index contributed by atoms with van der Waals surface area (Å²) in [5, 5.41) is 8.58. The molecule has 5 nitrogen and oxygen atoms in total. The number of aliphatic carboxylic acids is 1. The lowest BCUT2D eigenvalue weighted by Gasteiger charge is -2.25. The Labute approximate surface area is 115 Å². The number of carboxylic acid groups (broad SMARTS) is 1. The van der Waals surface area contributed by atoms with Gasteiger partial charge in [-0.1, -0.05) is 6.07 Å². The van der Waals surface area contributed by atoms with Crippen LogP contribution in [-0.4, -0.2) is 25.0 Å². The van der Waals surface area contributed by atoms with Gasteiger partial charge in [-0.15, -0.1) is 0 Å². The molecule has 2 N–H and O–H groups in total. The van der Waals surface area contributed by atoms with Gasteiger partial charge >= 0.3 is 5.97 Å². The fourth-order valence-electron chi connectivity index (χ4n) is 1.62. The van der Waals surface area contributed by atoms with Crippen LogP contribution in [0.4, 0.5) is 8.78 Å². The highest BCUT2D eigenvalue weighted by atomic mass is 32.2. The Morgan fingerprint density at radius 2 is 1.80 bits per heavy atom. The second-order valence-electron chi connectivity index (χ2n) is 4.93. The van der Waals surface area contributed by atoms with Crippen molar-refractivity contribution >= 4 is 16.0 Å². The average Bonchev–Trinajstić information content (AvgIpc) is 2.24. The molecule has 1 aromatic carbocycles. The zero-order chi connectivity index (χ0) is 15.6. The third-order valence-corrected chi connectivity index (χ3v) is 4.31. The zero-order valence-corrected chi connectivity index (χ0v) is 11.8. The number of halogens is 2. The predicted octanol–water partition coefficient (Wildman–Crippen LogP) is 1.89. The van der Waals surface area contributed by atoms with Gasteiger partial charge in [0.05, 0.1) is 0 Å². The standard InChI is InChI=1S/C12H15F2NO4S/c1-12(2,7-6-10(16)17)15-20(18,19)11-8(13)4-3-5-9(11)14/h3-5,15H,6-7H2,1-2H3,(H,16,17). The zero-order valence-electron chi connectivity index (χ0n) is 11.0. The molecular weight excluding hydrogens is 292 g/mol. The Morgan fingerprint density at radius 3 is 2.25 bits per heavy atom. The van der Waals surface area contributed by atoms with E-state index in [1.54, 1.807) is 0 Å². The molecular formula is C12H15F2NO4S. The first-order chi connectivity index (χ1) is 9.05. The predicted molar refractivity (Wildman–Crippen MR) is 67.6 cm³/mol. The second-order valence-corrected chi connectivity index (χ2v) is 6.55. The lowest BCUT2D eigenvalue weighted by molar-refractivity contribution is -0.137. The molecule has 112 valence electrons. The topological polar surface area (TPSA) is 83.5 Å². The fourth-order valence-corrected chi connectivity index (χ4v) is 3.21. The van der Waals surface area contributed by atoms with E-state index in [4.69, 9.17) is 5.11 Å². The molecule has 0 amide bonds. The van der Waals surface area contributed by atoms with Gasteiger partial charge in [-0.05, 0) is 32.4 Å². The van der Waals surface area contributed by atoms with E-state index in [9.17, 15) is 22.0 Å². The van der Waals surface area contributed by atoms with Crippen molar-refractivity contribution in [2.24, 2.45) is 0 Å². The first-order valence-electron chi connectivity index (χ1n) is 5.75. The van der Waals surface area contributed by atoms with Crippen molar-refractivity contribution in [3.8, 4) is 0 Å². The highest BCUT2D eigenvalue weighted by Crippen LogP contribution is 2.21. The second kappa shape index (κ2) is 5.84. The summed E-state index contributed by atoms with van der Waals surface area (Å²) in [6.07, 6.45) is -0.285. The molecule has 1 rings (SSSR count). The van der Waals surface area contributed by atoms with E-state index in [0.29, 0.717) is 0 Å². The molecule has 0 saturated heterocycles. The van der Waals surface area contributed by atoms with Crippen LogP contribution in [0.25, 0.3) is 0 Å². The summed E-state index contributed by atoms with van der Waals surface area (Å²) < 4.78 is 53.1. The Kier molecular flexibility index (Phi) is 4.82. The number of benzene rings is 1. The van der Waals surface area contributed by atoms with E-state index >= 15 is 0 Å². The summed E-state index contributed by atoms with van der Waals surface area (Å²) in [5.41, 5.74) is -1.15. The molecule has 20 heavy (non-hydrogen) atoms. The van der Waals surface area contributed by atoms with Crippen molar-refractivity contribution in [1.29, 1.82) is 0 Å². The molecule has 0 fully saturated rings. The van der Waals surface area contributed by atoms with Gasteiger partial charge in [-0.25, -0.2) is 21.9 Å². The van der Waals surface area contributed by atoms with Gasteiger partial charge in [0.25, 0.3) is 0 Å². The Hall–Kier alpha value is -1.54. The summed E-state index contributed by atoms with van der Waals surface area (Å²) >= 11 is 0. The third-order valence-electron chi connectivity index (χ3n) is 2.56. The summed E-state index contributed by atoms with van der Waals surface area (Å²) in [4.78, 5) is 9.43. The number of hydrogen-bond acceptors (Lipinski definition) is 3. The van der Waals surface area contributed by atoms with Crippen LogP contribution in [0.15, 0.2) is 23.1 Å². The van der Waals surface area contributed by atoms with Crippen LogP contribution in [0.5, 0.6) is 0 Å². The van der Waals surface area contributed by atoms with Crippen molar-refractivity contribution in [1.82, 2.24) is 4.72 Å². The van der Waals surface area contributed by atoms with Crippen LogP contribution in [0, 0.1) is 11.6 Å². The van der Waals surface area contributed by atoms with Crippen molar-refractivity contribution in [2.75, 3.05) is 0 Å². The van der Waals surface area contributed by atoms with Crippen molar-refractivity contribution in [3.05, 3.63) is 29.8 Å². The SMILES string of the molecule is CC(C)(CCC(=O)O)NS(=O)(=O)c1c(F)cccc1F. The minimum atomic E-state index is -4.42.